The molecule has 2 heterocycles. The molecule has 0 spiro atoms. The number of ketones is 1. The molecule has 1 saturated carbocycles. The lowest BCUT2D eigenvalue weighted by Gasteiger charge is -2.31. The van der Waals surface area contributed by atoms with Gasteiger partial charge in [-0.1, -0.05) is 0 Å². The summed E-state index contributed by atoms with van der Waals surface area (Å²) in [7, 11) is 1.11. The van der Waals surface area contributed by atoms with Crippen molar-refractivity contribution in [1.29, 1.82) is 0 Å². The van der Waals surface area contributed by atoms with Gasteiger partial charge in [0.1, 0.15) is 23.9 Å². The zero-order valence-corrected chi connectivity index (χ0v) is 13.4. The van der Waals surface area contributed by atoms with Crippen molar-refractivity contribution in [3.05, 3.63) is 36.0 Å². The number of cyclic esters (lactones) is 1. The number of carbonyl (C=O) groups excluding carboxylic acids is 3. The van der Waals surface area contributed by atoms with E-state index in [0.29, 0.717) is 0 Å². The summed E-state index contributed by atoms with van der Waals surface area (Å²) in [6.45, 7) is 1.20. The van der Waals surface area contributed by atoms with E-state index < -0.39 is 47.6 Å². The fourth-order valence-electron chi connectivity index (χ4n) is 3.22. The van der Waals surface area contributed by atoms with Crippen molar-refractivity contribution in [2.45, 2.75) is 24.9 Å². The fourth-order valence-corrected chi connectivity index (χ4v) is 3.22. The van der Waals surface area contributed by atoms with Gasteiger partial charge in [-0.2, -0.15) is 0 Å². The van der Waals surface area contributed by atoms with Gasteiger partial charge in [0.15, 0.2) is 11.5 Å². The SMILES string of the molecule is COC(=O)C1=COC(=O)[C@H]2[C@@H]1C(=O)[C@H](OC(O)c1ccco1)[C@]2(C)O. The van der Waals surface area contributed by atoms with Gasteiger partial charge in [-0.25, -0.2) is 4.79 Å². The molecule has 9 nitrogen and oxygen atoms in total. The molecule has 1 aromatic heterocycles. The molecular weight excluding hydrogens is 336 g/mol. The number of furan rings is 1. The Kier molecular flexibility index (Phi) is 4.23. The van der Waals surface area contributed by atoms with Crippen LogP contribution in [-0.2, 0) is 28.6 Å². The molecule has 5 atom stereocenters. The van der Waals surface area contributed by atoms with Crippen LogP contribution in [-0.4, -0.2) is 46.7 Å². The predicted octanol–water partition coefficient (Wildman–Crippen LogP) is -0.165. The molecule has 1 unspecified atom stereocenters. The summed E-state index contributed by atoms with van der Waals surface area (Å²) in [5, 5.41) is 20.8. The molecule has 1 aromatic rings. The first-order valence-electron chi connectivity index (χ1n) is 7.41. The van der Waals surface area contributed by atoms with E-state index in [0.717, 1.165) is 13.4 Å². The molecular formula is C16H16O9. The number of hydrogen-bond donors (Lipinski definition) is 2. The second kappa shape index (κ2) is 6.10. The summed E-state index contributed by atoms with van der Waals surface area (Å²) in [6, 6.07) is 2.92. The third-order valence-electron chi connectivity index (χ3n) is 4.42. The number of hydrogen-bond acceptors (Lipinski definition) is 9. The standard InChI is InChI=1S/C16H16O9/c1-16(21)10-9(7(13(18)22-2)6-24-15(10)20)11(17)12(16)25-14(19)8-4-3-5-23-8/h3-6,9-10,12,14,19,21H,1-2H3/t9-,10-,12+,14?,16-/m1/s1. The first kappa shape index (κ1) is 17.3. The second-order valence-corrected chi connectivity index (χ2v) is 5.97. The van der Waals surface area contributed by atoms with Crippen molar-refractivity contribution in [3.63, 3.8) is 0 Å². The van der Waals surface area contributed by atoms with E-state index in [9.17, 15) is 24.6 Å². The first-order valence-corrected chi connectivity index (χ1v) is 7.41. The van der Waals surface area contributed by atoms with Gasteiger partial charge in [0.05, 0.1) is 24.9 Å². The molecule has 25 heavy (non-hydrogen) atoms. The minimum atomic E-state index is -2.01. The van der Waals surface area contributed by atoms with Crippen LogP contribution in [0.2, 0.25) is 0 Å². The van der Waals surface area contributed by atoms with E-state index in [-0.39, 0.29) is 11.3 Å². The maximum atomic E-state index is 12.8. The van der Waals surface area contributed by atoms with Gasteiger partial charge in [-0.15, -0.1) is 0 Å². The molecule has 134 valence electrons. The Labute approximate surface area is 141 Å². The highest BCUT2D eigenvalue weighted by molar-refractivity contribution is 6.06. The Morgan fingerprint density at radius 3 is 2.72 bits per heavy atom. The van der Waals surface area contributed by atoms with Crippen LogP contribution in [0.3, 0.4) is 0 Å². The molecule has 1 aliphatic carbocycles. The van der Waals surface area contributed by atoms with Gasteiger partial charge in [0, 0.05) is 0 Å². The number of fused-ring (bicyclic) bond motifs is 1. The van der Waals surface area contributed by atoms with E-state index in [1.807, 2.05) is 0 Å². The second-order valence-electron chi connectivity index (χ2n) is 5.97. The molecule has 0 saturated heterocycles. The van der Waals surface area contributed by atoms with Crippen LogP contribution >= 0.6 is 0 Å². The average molecular weight is 352 g/mol. The number of esters is 2. The van der Waals surface area contributed by atoms with Crippen LogP contribution in [0.1, 0.15) is 19.0 Å². The van der Waals surface area contributed by atoms with Gasteiger partial charge in [0.2, 0.25) is 6.29 Å². The monoisotopic (exact) mass is 352 g/mol. The lowest BCUT2D eigenvalue weighted by atomic mass is 9.81. The number of carbonyl (C=O) groups is 3. The third-order valence-corrected chi connectivity index (χ3v) is 4.42. The predicted molar refractivity (Wildman–Crippen MR) is 77.3 cm³/mol. The van der Waals surface area contributed by atoms with E-state index in [1.54, 1.807) is 0 Å². The fraction of sp³-hybridized carbons (Fsp3) is 0.438. The Balaban J connectivity index is 1.94. The molecule has 0 amide bonds. The summed E-state index contributed by atoms with van der Waals surface area (Å²) < 4.78 is 19.6. The van der Waals surface area contributed by atoms with E-state index in [4.69, 9.17) is 13.9 Å². The van der Waals surface area contributed by atoms with Crippen LogP contribution in [0.4, 0.5) is 0 Å². The van der Waals surface area contributed by atoms with Crippen molar-refractivity contribution in [3.8, 4) is 0 Å². The molecule has 1 fully saturated rings. The van der Waals surface area contributed by atoms with Gasteiger partial charge in [0.25, 0.3) is 0 Å². The summed E-state index contributed by atoms with van der Waals surface area (Å²) in [6.07, 6.45) is -1.08. The van der Waals surface area contributed by atoms with E-state index >= 15 is 0 Å². The molecule has 0 aromatic carbocycles. The highest BCUT2D eigenvalue weighted by Gasteiger charge is 2.65. The summed E-state index contributed by atoms with van der Waals surface area (Å²) in [5.74, 6) is -5.13. The summed E-state index contributed by atoms with van der Waals surface area (Å²) >= 11 is 0. The van der Waals surface area contributed by atoms with Gasteiger partial charge < -0.3 is 28.8 Å². The number of aliphatic hydroxyl groups excluding tert-OH is 1. The van der Waals surface area contributed by atoms with Gasteiger partial charge >= 0.3 is 11.9 Å². The van der Waals surface area contributed by atoms with Crippen LogP contribution in [0.15, 0.2) is 34.6 Å². The number of ether oxygens (including phenoxy) is 3. The molecule has 2 N–H and O–H groups in total. The Bertz CT molecular complexity index is 731. The normalized spacial score (nSPS) is 32.6. The lowest BCUT2D eigenvalue weighted by Crippen LogP contribution is -2.47. The Morgan fingerprint density at radius 2 is 2.12 bits per heavy atom. The van der Waals surface area contributed by atoms with Crippen LogP contribution in [0, 0.1) is 11.8 Å². The molecule has 2 aliphatic rings. The first-order chi connectivity index (χ1) is 11.8. The summed E-state index contributed by atoms with van der Waals surface area (Å²) in [4.78, 5) is 36.7. The quantitative estimate of drug-likeness (QED) is 0.560. The zero-order chi connectivity index (χ0) is 18.4. The minimum Gasteiger partial charge on any atom is -0.466 e. The maximum absolute atomic E-state index is 12.8. The number of methoxy groups -OCH3 is 1. The van der Waals surface area contributed by atoms with Gasteiger partial charge in [-0.3, -0.25) is 9.59 Å². The van der Waals surface area contributed by atoms with Crippen LogP contribution in [0.5, 0.6) is 0 Å². The minimum absolute atomic E-state index is 0.0183. The van der Waals surface area contributed by atoms with E-state index in [2.05, 4.69) is 4.74 Å². The van der Waals surface area contributed by atoms with Crippen molar-refractivity contribution < 1.29 is 43.2 Å². The number of aliphatic hydroxyl groups is 2. The third kappa shape index (κ3) is 2.66. The highest BCUT2D eigenvalue weighted by atomic mass is 16.6. The average Bonchev–Trinajstić information content (AvgIpc) is 3.17. The smallest absolute Gasteiger partial charge is 0.337 e. The van der Waals surface area contributed by atoms with Gasteiger partial charge in [-0.05, 0) is 19.1 Å². The number of Topliss-reactive ketones (excluding diaryl/α,β-unsaturated/α-hetero) is 1. The van der Waals surface area contributed by atoms with Crippen molar-refractivity contribution in [1.82, 2.24) is 0 Å². The van der Waals surface area contributed by atoms with Crippen molar-refractivity contribution in [2.75, 3.05) is 7.11 Å². The van der Waals surface area contributed by atoms with Crippen LogP contribution < -0.4 is 0 Å². The maximum Gasteiger partial charge on any atom is 0.337 e. The van der Waals surface area contributed by atoms with Crippen molar-refractivity contribution in [2.24, 2.45) is 11.8 Å². The Morgan fingerprint density at radius 1 is 1.40 bits per heavy atom. The lowest BCUT2D eigenvalue weighted by molar-refractivity contribution is -0.201. The summed E-state index contributed by atoms with van der Waals surface area (Å²) in [5.41, 5.74) is -2.21. The molecule has 3 rings (SSSR count). The van der Waals surface area contributed by atoms with Crippen LogP contribution in [0.25, 0.3) is 0 Å². The molecule has 0 radical (unpaired) electrons. The molecule has 1 aliphatic heterocycles. The number of rotatable bonds is 4. The largest absolute Gasteiger partial charge is 0.466 e. The topological polar surface area (TPSA) is 132 Å². The highest BCUT2D eigenvalue weighted by Crippen LogP contribution is 2.47. The molecule has 9 heteroatoms. The van der Waals surface area contributed by atoms with E-state index in [1.165, 1.54) is 25.3 Å². The molecule has 0 bridgehead atoms. The van der Waals surface area contributed by atoms with Crippen molar-refractivity contribution >= 4 is 17.7 Å². The zero-order valence-electron chi connectivity index (χ0n) is 13.4. The Hall–Kier alpha value is -2.49.